The molecule has 0 spiro atoms. The summed E-state index contributed by atoms with van der Waals surface area (Å²) in [4.78, 5) is 4.04. The number of rotatable bonds is 5. The molecule has 8 nitrogen and oxygen atoms in total. The largest absolute Gasteiger partial charge is 0.375 e. The van der Waals surface area contributed by atoms with Crippen LogP contribution in [0.4, 0.5) is 0 Å². The Hall–Kier alpha value is -1.71. The Bertz CT molecular complexity index is 853. The lowest BCUT2D eigenvalue weighted by molar-refractivity contribution is 0.0123. The molecule has 0 amide bonds. The number of ether oxygens (including phenoxy) is 1. The molecule has 0 unspecified atom stereocenters. The first-order valence-corrected chi connectivity index (χ1v) is 10.6. The Morgan fingerprint density at radius 1 is 1.27 bits per heavy atom. The summed E-state index contributed by atoms with van der Waals surface area (Å²) in [5.41, 5.74) is 0.872. The minimum Gasteiger partial charge on any atom is -0.375 e. The third-order valence-corrected chi connectivity index (χ3v) is 6.95. The Morgan fingerprint density at radius 3 is 2.81 bits per heavy atom. The van der Waals surface area contributed by atoms with Crippen molar-refractivity contribution in [3.63, 3.8) is 0 Å². The van der Waals surface area contributed by atoms with Gasteiger partial charge < -0.3 is 9.30 Å². The summed E-state index contributed by atoms with van der Waals surface area (Å²) in [5.74, 6) is 0.594. The number of fused-ring (bicyclic) bond motifs is 1. The molecule has 4 rings (SSSR count). The maximum atomic E-state index is 13.1. The van der Waals surface area contributed by atoms with Crippen molar-refractivity contribution < 1.29 is 13.2 Å². The number of aromatic nitrogens is 4. The first-order valence-electron chi connectivity index (χ1n) is 9.13. The van der Waals surface area contributed by atoms with Crippen LogP contribution in [0.15, 0.2) is 29.8 Å². The minimum absolute atomic E-state index is 0.0718. The van der Waals surface area contributed by atoms with Gasteiger partial charge in [-0.3, -0.25) is 4.68 Å². The van der Waals surface area contributed by atoms with Crippen molar-refractivity contribution in [3.05, 3.63) is 30.5 Å². The Balaban J connectivity index is 1.55. The second kappa shape index (κ2) is 7.13. The van der Waals surface area contributed by atoms with Gasteiger partial charge in [0.25, 0.3) is 10.0 Å². The number of imidazole rings is 1. The van der Waals surface area contributed by atoms with E-state index in [1.54, 1.807) is 17.8 Å². The van der Waals surface area contributed by atoms with Gasteiger partial charge in [0.2, 0.25) is 0 Å². The fourth-order valence-electron chi connectivity index (χ4n) is 3.77. The van der Waals surface area contributed by atoms with Gasteiger partial charge in [0.15, 0.2) is 5.03 Å². The lowest BCUT2D eigenvalue weighted by Gasteiger charge is -2.24. The highest BCUT2D eigenvalue weighted by atomic mass is 32.2. The zero-order valence-electron chi connectivity index (χ0n) is 15.0. The molecule has 0 radical (unpaired) electrons. The number of sulfonamides is 1. The average Bonchev–Trinajstić information content (AvgIpc) is 3.34. The number of nitrogens with zero attached hydrogens (tertiary/aromatic N) is 5. The van der Waals surface area contributed by atoms with E-state index in [1.165, 1.54) is 42.5 Å². The number of hydrogen-bond donors (Lipinski definition) is 0. The topological polar surface area (TPSA) is 82.3 Å². The maximum Gasteiger partial charge on any atom is 0.262 e. The van der Waals surface area contributed by atoms with Gasteiger partial charge in [-0.2, -0.15) is 9.40 Å². The summed E-state index contributed by atoms with van der Waals surface area (Å²) < 4.78 is 37.2. The standard InChI is InChI=1S/C17H25N5O3S/c1-20-11-17(18-13-20)26(23,24)21-8-15-6-7-19-22(15)10-16(9-21)25-12-14-4-2-3-5-14/h6-7,11,13-14,16H,2-5,8-10,12H2,1H3/t16-/m0/s1. The quantitative estimate of drug-likeness (QED) is 0.784. The van der Waals surface area contributed by atoms with E-state index in [0.717, 1.165) is 5.69 Å². The first kappa shape index (κ1) is 17.7. The monoisotopic (exact) mass is 379 g/mol. The molecule has 0 N–H and O–H groups in total. The molecule has 1 atom stereocenters. The number of hydrogen-bond acceptors (Lipinski definition) is 5. The van der Waals surface area contributed by atoms with Gasteiger partial charge in [0.05, 0.1) is 31.2 Å². The van der Waals surface area contributed by atoms with Crippen molar-refractivity contribution in [2.45, 2.75) is 49.9 Å². The highest BCUT2D eigenvalue weighted by Crippen LogP contribution is 2.26. The fraction of sp³-hybridized carbons (Fsp3) is 0.647. The molecule has 1 aliphatic carbocycles. The molecule has 1 fully saturated rings. The fourth-order valence-corrected chi connectivity index (χ4v) is 5.18. The molecular formula is C17H25N5O3S. The van der Waals surface area contributed by atoms with E-state index in [0.29, 0.717) is 25.6 Å². The minimum atomic E-state index is -3.68. The molecule has 3 heterocycles. The van der Waals surface area contributed by atoms with Crippen LogP contribution >= 0.6 is 0 Å². The predicted octanol–water partition coefficient (Wildman–Crippen LogP) is 1.40. The molecule has 9 heteroatoms. The van der Waals surface area contributed by atoms with E-state index in [-0.39, 0.29) is 17.7 Å². The van der Waals surface area contributed by atoms with Crippen LogP contribution < -0.4 is 0 Å². The summed E-state index contributed by atoms with van der Waals surface area (Å²) in [7, 11) is -1.91. The number of aryl methyl sites for hydroxylation is 1. The van der Waals surface area contributed by atoms with Crippen LogP contribution in [0.1, 0.15) is 31.4 Å². The van der Waals surface area contributed by atoms with Gasteiger partial charge in [-0.15, -0.1) is 0 Å². The molecule has 1 aliphatic heterocycles. The van der Waals surface area contributed by atoms with Crippen molar-refractivity contribution in [1.29, 1.82) is 0 Å². The second-order valence-corrected chi connectivity index (χ2v) is 9.17. The van der Waals surface area contributed by atoms with E-state index in [2.05, 4.69) is 10.1 Å². The maximum absolute atomic E-state index is 13.1. The van der Waals surface area contributed by atoms with Gasteiger partial charge >= 0.3 is 0 Å². The molecule has 1 saturated carbocycles. The summed E-state index contributed by atoms with van der Waals surface area (Å²) in [6, 6.07) is 1.86. The summed E-state index contributed by atoms with van der Waals surface area (Å²) in [6.45, 7) is 1.86. The summed E-state index contributed by atoms with van der Waals surface area (Å²) in [6.07, 6.45) is 9.47. The molecule has 2 aliphatic rings. The van der Waals surface area contributed by atoms with E-state index in [9.17, 15) is 8.42 Å². The Morgan fingerprint density at radius 2 is 2.08 bits per heavy atom. The third-order valence-electron chi connectivity index (χ3n) is 5.25. The molecule has 0 saturated heterocycles. The third kappa shape index (κ3) is 3.56. The van der Waals surface area contributed by atoms with E-state index >= 15 is 0 Å². The molecule has 142 valence electrons. The molecule has 0 bridgehead atoms. The predicted molar refractivity (Wildman–Crippen MR) is 94.7 cm³/mol. The van der Waals surface area contributed by atoms with Crippen molar-refractivity contribution in [3.8, 4) is 0 Å². The van der Waals surface area contributed by atoms with Crippen LogP contribution in [0.3, 0.4) is 0 Å². The first-order chi connectivity index (χ1) is 12.5. The summed E-state index contributed by atoms with van der Waals surface area (Å²) >= 11 is 0. The van der Waals surface area contributed by atoms with E-state index in [4.69, 9.17) is 4.74 Å². The van der Waals surface area contributed by atoms with Crippen LogP contribution in [0, 0.1) is 5.92 Å². The highest BCUT2D eigenvalue weighted by molar-refractivity contribution is 7.89. The van der Waals surface area contributed by atoms with Gasteiger partial charge in [-0.25, -0.2) is 13.4 Å². The Labute approximate surface area is 153 Å². The van der Waals surface area contributed by atoms with E-state index in [1.807, 2.05) is 10.7 Å². The lowest BCUT2D eigenvalue weighted by atomic mass is 10.1. The van der Waals surface area contributed by atoms with Crippen molar-refractivity contribution in [2.75, 3.05) is 13.2 Å². The molecule has 26 heavy (non-hydrogen) atoms. The van der Waals surface area contributed by atoms with Crippen LogP contribution in [-0.2, 0) is 34.9 Å². The van der Waals surface area contributed by atoms with Crippen molar-refractivity contribution >= 4 is 10.0 Å². The average molecular weight is 379 g/mol. The SMILES string of the molecule is Cn1cnc(S(=O)(=O)N2Cc3ccnn3C[C@@H](OCC3CCCC3)C2)c1. The van der Waals surface area contributed by atoms with Gasteiger partial charge in [-0.05, 0) is 24.8 Å². The zero-order valence-corrected chi connectivity index (χ0v) is 15.8. The van der Waals surface area contributed by atoms with Gasteiger partial charge in [0.1, 0.15) is 0 Å². The van der Waals surface area contributed by atoms with Crippen molar-refractivity contribution in [2.24, 2.45) is 13.0 Å². The second-order valence-electron chi connectivity index (χ2n) is 7.29. The van der Waals surface area contributed by atoms with Crippen LogP contribution in [0.2, 0.25) is 0 Å². The molecular weight excluding hydrogens is 354 g/mol. The highest BCUT2D eigenvalue weighted by Gasteiger charge is 2.33. The van der Waals surface area contributed by atoms with Crippen LogP contribution in [0.25, 0.3) is 0 Å². The van der Waals surface area contributed by atoms with Gasteiger partial charge in [-0.1, -0.05) is 12.8 Å². The molecule has 2 aromatic heterocycles. The zero-order chi connectivity index (χ0) is 18.1. The smallest absolute Gasteiger partial charge is 0.262 e. The summed E-state index contributed by atoms with van der Waals surface area (Å²) in [5, 5.41) is 4.41. The van der Waals surface area contributed by atoms with Crippen LogP contribution in [-0.4, -0.2) is 51.3 Å². The van der Waals surface area contributed by atoms with E-state index < -0.39 is 10.0 Å². The normalized spacial score (nSPS) is 22.4. The lowest BCUT2D eigenvalue weighted by Crippen LogP contribution is -2.38. The Kier molecular flexibility index (Phi) is 4.85. The molecule has 2 aromatic rings. The molecule has 0 aromatic carbocycles. The van der Waals surface area contributed by atoms with Crippen LogP contribution in [0.5, 0.6) is 0 Å². The van der Waals surface area contributed by atoms with Gasteiger partial charge in [0, 0.05) is 32.6 Å². The van der Waals surface area contributed by atoms with Crippen molar-refractivity contribution in [1.82, 2.24) is 23.6 Å².